The number of fused-ring (bicyclic) bond motifs is 6. The molecule has 0 radical (unpaired) electrons. The maximum atomic E-state index is 13.4. The lowest BCUT2D eigenvalue weighted by Gasteiger charge is -2.39. The fraction of sp³-hybridized carbons (Fsp3) is 0.615. The van der Waals surface area contributed by atoms with Gasteiger partial charge in [0, 0.05) is 163 Å². The predicted octanol–water partition coefficient (Wildman–Crippen LogP) is 19.4. The zero-order chi connectivity index (χ0) is 77.1. The number of anilines is 2. The molecule has 107 heavy (non-hydrogen) atoms. The molecule has 0 spiro atoms. The van der Waals surface area contributed by atoms with E-state index in [0.29, 0.717) is 53.4 Å². The van der Waals surface area contributed by atoms with E-state index in [1.807, 2.05) is 110 Å². The Morgan fingerprint density at radius 3 is 1.25 bits per heavy atom. The summed E-state index contributed by atoms with van der Waals surface area (Å²) in [4.78, 5) is 66.8. The summed E-state index contributed by atoms with van der Waals surface area (Å²) in [7, 11) is -5.13. The summed E-state index contributed by atoms with van der Waals surface area (Å²) in [5.41, 5.74) is 7.80. The van der Waals surface area contributed by atoms with Crippen molar-refractivity contribution in [1.82, 2.24) is 58.9 Å². The SMILES string of the molecule is Cc1cnc(-c2ccc(-c3cnn4c(N(COCC[Si](C)(C)C)COCC[Si](C)(C)C)c(Br)c(C5C[C@H]6CC[C@@H](C5)N6C(=O)OC(C)(C)C)nc34)cn2)s1.Cc1cnc(-c2ccc(-c3cnn4c(N(COCC[Si](C)(C)C)COCC[Si](C)(C)C)cc(C5C[C@H]6CC[C@@H](C5)N6C(=O)OC(C)(C)C)nc34)cn2)s1. The first-order valence-electron chi connectivity index (χ1n) is 38.4. The van der Waals surface area contributed by atoms with E-state index in [-0.39, 0.29) is 48.2 Å². The number of thiazole rings is 2. The summed E-state index contributed by atoms with van der Waals surface area (Å²) in [5.74, 6) is 2.04. The third-order valence-corrected chi connectivity index (χ3v) is 29.4. The van der Waals surface area contributed by atoms with Gasteiger partial charge in [-0.05, 0) is 159 Å². The fourth-order valence-corrected chi connectivity index (χ4v) is 19.6. The normalized spacial score (nSPS) is 19.2. The first-order valence-corrected chi connectivity index (χ1v) is 55.6. The summed E-state index contributed by atoms with van der Waals surface area (Å²) >= 11 is 7.35. The number of halogens is 1. The van der Waals surface area contributed by atoms with Crippen LogP contribution >= 0.6 is 38.6 Å². The highest BCUT2D eigenvalue weighted by Gasteiger charge is 2.48. The lowest BCUT2D eigenvalue weighted by molar-refractivity contribution is 0.00458. The Morgan fingerprint density at radius 1 is 0.505 bits per heavy atom. The number of aryl methyl sites for hydroxylation is 2. The molecule has 8 aromatic heterocycles. The van der Waals surface area contributed by atoms with E-state index in [1.54, 1.807) is 22.7 Å². The van der Waals surface area contributed by atoms with E-state index < -0.39 is 43.5 Å². The predicted molar refractivity (Wildman–Crippen MR) is 446 cm³/mol. The van der Waals surface area contributed by atoms with Crippen LogP contribution in [0.25, 0.3) is 55.0 Å². The molecular formula is C78H117BrN14O8S2Si4. The van der Waals surface area contributed by atoms with Gasteiger partial charge in [-0.15, -0.1) is 22.7 Å². The average Bonchev–Trinajstić information content (AvgIpc) is 1.66. The molecule has 4 bridgehead atoms. The third kappa shape index (κ3) is 21.8. The van der Waals surface area contributed by atoms with E-state index in [9.17, 15) is 9.59 Å². The maximum absolute atomic E-state index is 13.4. The van der Waals surface area contributed by atoms with Crippen LogP contribution in [0.4, 0.5) is 21.2 Å². The highest BCUT2D eigenvalue weighted by Crippen LogP contribution is 2.48. The van der Waals surface area contributed by atoms with Gasteiger partial charge < -0.3 is 48.0 Å². The van der Waals surface area contributed by atoms with Crippen LogP contribution in [0, 0.1) is 13.8 Å². The van der Waals surface area contributed by atoms with Crippen LogP contribution in [0.3, 0.4) is 0 Å². The van der Waals surface area contributed by atoms with Crippen LogP contribution < -0.4 is 9.80 Å². The van der Waals surface area contributed by atoms with Crippen molar-refractivity contribution in [2.24, 2.45) is 0 Å². The van der Waals surface area contributed by atoms with Crippen molar-refractivity contribution >= 4 is 106 Å². The Bertz CT molecular complexity index is 4260. The molecule has 2 amide bonds. The van der Waals surface area contributed by atoms with Crippen LogP contribution in [0.2, 0.25) is 103 Å². The molecule has 582 valence electrons. The molecule has 4 saturated heterocycles. The fourth-order valence-electron chi connectivity index (χ4n) is 14.2. The number of ether oxygens (including phenoxy) is 6. The van der Waals surface area contributed by atoms with Gasteiger partial charge in [0.05, 0.1) is 33.9 Å². The maximum Gasteiger partial charge on any atom is 0.410 e. The molecule has 6 atom stereocenters. The van der Waals surface area contributed by atoms with E-state index in [0.717, 1.165) is 168 Å². The van der Waals surface area contributed by atoms with E-state index in [2.05, 4.69) is 146 Å². The Labute approximate surface area is 655 Å². The highest BCUT2D eigenvalue weighted by molar-refractivity contribution is 9.10. The molecule has 29 heteroatoms. The minimum Gasteiger partial charge on any atom is -0.444 e. The number of hydrogen-bond acceptors (Lipinski definition) is 20. The molecule has 12 rings (SSSR count). The van der Waals surface area contributed by atoms with Crippen molar-refractivity contribution in [3.63, 3.8) is 0 Å². The zero-order valence-electron chi connectivity index (χ0n) is 67.2. The van der Waals surface area contributed by atoms with E-state index in [4.69, 9.17) is 58.6 Å². The van der Waals surface area contributed by atoms with Crippen molar-refractivity contribution in [3.05, 3.63) is 93.1 Å². The molecule has 4 aliphatic heterocycles. The van der Waals surface area contributed by atoms with Crippen LogP contribution in [-0.4, -0.2) is 192 Å². The second kappa shape index (κ2) is 34.0. The second-order valence-corrected chi connectivity index (χ2v) is 62.3. The molecule has 0 aliphatic carbocycles. The number of carbonyl (C=O) groups excluding carboxylic acids is 2. The average molecular weight is 1640 g/mol. The van der Waals surface area contributed by atoms with Crippen molar-refractivity contribution < 1.29 is 38.0 Å². The van der Waals surface area contributed by atoms with Gasteiger partial charge >= 0.3 is 12.2 Å². The Hall–Kier alpha value is -5.87. The van der Waals surface area contributed by atoms with Gasteiger partial charge in [0.15, 0.2) is 17.1 Å². The molecule has 4 fully saturated rings. The van der Waals surface area contributed by atoms with Crippen molar-refractivity contribution in [3.8, 4) is 43.7 Å². The highest BCUT2D eigenvalue weighted by atomic mass is 79.9. The largest absolute Gasteiger partial charge is 0.444 e. The number of pyridine rings is 2. The molecule has 0 N–H and O–H groups in total. The van der Waals surface area contributed by atoms with E-state index in [1.165, 1.54) is 0 Å². The minimum atomic E-state index is -1.29. The quantitative estimate of drug-likeness (QED) is 0.0253. The summed E-state index contributed by atoms with van der Waals surface area (Å²) in [6.45, 7) is 48.4. The standard InChI is InChI=1S/C39H58BrN7O4SSi2.C39H59N7O4SSi2/c1-26-21-42-36(52-26)32-14-11-27(22-41-32)31-23-43-47-35(31)44-34(28-19-29-12-13-30(20-28)46(29)38(48)51-39(2,3)4)33(40)37(47)45(24-49-15-17-53(5,6)7)25-50-16-18-54(8,9)10;1-27-22-41-37(51-27)33-14-11-28(23-40-33)32-24-42-46-35(44(25-48-15-17-52(5,6)7)26-49-16-18-53(8,9)10)21-34(43-36(32)46)29-19-30-12-13-31(20-29)45(30)38(47)50-39(2,3)4/h11,14,21-23,28-30H,12-13,15-20,24-25H2,1-10H3;11,14,21-24,29-31H,12-13,15-20,25-26H2,1-10H3/t28?,29-,30+;29?,30-,31+. The van der Waals surface area contributed by atoms with Crippen molar-refractivity contribution in [2.75, 3.05) is 63.2 Å². The lowest BCUT2D eigenvalue weighted by Crippen LogP contribution is -2.48. The summed E-state index contributed by atoms with van der Waals surface area (Å²) in [6, 6.07) is 15.1. The Morgan fingerprint density at radius 2 is 0.888 bits per heavy atom. The minimum absolute atomic E-state index is 0.0958. The van der Waals surface area contributed by atoms with Gasteiger partial charge in [-0.1, -0.05) is 90.7 Å². The number of nitrogens with zero attached hydrogens (tertiary/aromatic N) is 14. The number of piperidine rings is 2. The van der Waals surface area contributed by atoms with Crippen LogP contribution in [0.1, 0.15) is 126 Å². The molecule has 8 aromatic rings. The van der Waals surface area contributed by atoms with Gasteiger partial charge in [0.25, 0.3) is 0 Å². The first-order chi connectivity index (χ1) is 50.3. The number of aromatic nitrogens is 10. The molecule has 22 nitrogen and oxygen atoms in total. The van der Waals surface area contributed by atoms with Crippen molar-refractivity contribution in [1.29, 1.82) is 0 Å². The van der Waals surface area contributed by atoms with Crippen LogP contribution in [0.5, 0.6) is 0 Å². The third-order valence-electron chi connectivity index (χ3n) is 20.0. The van der Waals surface area contributed by atoms with Crippen LogP contribution in [0.15, 0.2) is 72.0 Å². The second-order valence-electron chi connectivity index (χ2n) is 36.5. The monoisotopic (exact) mass is 1630 g/mol. The van der Waals surface area contributed by atoms with Crippen molar-refractivity contribution in [2.45, 2.75) is 257 Å². The van der Waals surface area contributed by atoms with Gasteiger partial charge in [-0.3, -0.25) is 9.97 Å². The smallest absolute Gasteiger partial charge is 0.410 e. The summed E-state index contributed by atoms with van der Waals surface area (Å²) in [5, 5.41) is 11.7. The molecule has 0 aromatic carbocycles. The van der Waals surface area contributed by atoms with E-state index >= 15 is 0 Å². The molecule has 12 heterocycles. The topological polar surface area (TPSA) is 214 Å². The molecule has 2 unspecified atom stereocenters. The molecule has 0 saturated carbocycles. The number of carbonyl (C=O) groups is 2. The molecular weight excluding hydrogens is 1520 g/mol. The van der Waals surface area contributed by atoms with Crippen LogP contribution in [-0.2, 0) is 28.4 Å². The number of amides is 2. The summed E-state index contributed by atoms with van der Waals surface area (Å²) < 4.78 is 42.1. The molecule has 4 aliphatic rings. The van der Waals surface area contributed by atoms with Gasteiger partial charge in [-0.25, -0.2) is 29.5 Å². The van der Waals surface area contributed by atoms with Gasteiger partial charge in [0.1, 0.15) is 54.0 Å². The lowest BCUT2D eigenvalue weighted by atomic mass is 9.88. The zero-order valence-corrected chi connectivity index (χ0v) is 74.4. The Balaban J connectivity index is 0.000000213. The van der Waals surface area contributed by atoms with Gasteiger partial charge in [-0.2, -0.15) is 19.2 Å². The first kappa shape index (κ1) is 82.1. The van der Waals surface area contributed by atoms with Gasteiger partial charge in [0.2, 0.25) is 0 Å². The summed E-state index contributed by atoms with van der Waals surface area (Å²) in [6.07, 6.45) is 18.1. The number of rotatable bonds is 28. The Kier molecular flexibility index (Phi) is 26.1. The number of hydrogen-bond donors (Lipinski definition) is 0.